The van der Waals surface area contributed by atoms with Crippen LogP contribution in [0, 0.1) is 5.82 Å². The highest BCUT2D eigenvalue weighted by Crippen LogP contribution is 2.23. The molecule has 2 N–H and O–H groups in total. The third-order valence-corrected chi connectivity index (χ3v) is 7.47. The maximum absolute atomic E-state index is 13.1. The Bertz CT molecular complexity index is 1040. The lowest BCUT2D eigenvalue weighted by molar-refractivity contribution is -0.120. The summed E-state index contributed by atoms with van der Waals surface area (Å²) in [5, 5.41) is 2.86. The van der Waals surface area contributed by atoms with Crippen LogP contribution in [-0.4, -0.2) is 65.0 Å². The molecule has 1 aliphatic rings. The summed E-state index contributed by atoms with van der Waals surface area (Å²) in [4.78, 5) is 16.8. The minimum absolute atomic E-state index is 0.0472. The second kappa shape index (κ2) is 11.3. The number of nitrogens with zero attached hydrogens (tertiary/aromatic N) is 2. The molecule has 7 nitrogen and oxygen atoms in total. The zero-order valence-electron chi connectivity index (χ0n) is 20.2. The number of anilines is 1. The molecule has 2 aromatic rings. The summed E-state index contributed by atoms with van der Waals surface area (Å²) in [7, 11) is -3.65. The highest BCUT2D eigenvalue weighted by Gasteiger charge is 2.19. The Hall–Kier alpha value is -2.49. The predicted octanol–water partition coefficient (Wildman–Crippen LogP) is 2.73. The van der Waals surface area contributed by atoms with Gasteiger partial charge in [-0.15, -0.1) is 0 Å². The van der Waals surface area contributed by atoms with Crippen molar-refractivity contribution in [2.45, 2.75) is 37.5 Å². The maximum atomic E-state index is 13.1. The van der Waals surface area contributed by atoms with Gasteiger partial charge in [-0.05, 0) is 47.4 Å². The zero-order valence-corrected chi connectivity index (χ0v) is 21.0. The molecule has 1 saturated heterocycles. The number of nitrogens with one attached hydrogen (secondary N) is 2. The zero-order chi connectivity index (χ0) is 24.8. The third-order valence-electron chi connectivity index (χ3n) is 5.99. The average Bonchev–Trinajstić information content (AvgIpc) is 2.79. The number of benzene rings is 2. The molecule has 0 spiro atoms. The molecule has 0 radical (unpaired) electrons. The van der Waals surface area contributed by atoms with E-state index in [1.807, 2.05) is 12.1 Å². The van der Waals surface area contributed by atoms with Gasteiger partial charge in [0.1, 0.15) is 5.82 Å². The number of carbonyl (C=O) groups excluding carboxylic acids is 1. The average molecular weight is 491 g/mol. The summed E-state index contributed by atoms with van der Waals surface area (Å²) in [5.41, 5.74) is 2.02. The number of rotatable bonds is 9. The van der Waals surface area contributed by atoms with Gasteiger partial charge in [-0.3, -0.25) is 9.69 Å². The van der Waals surface area contributed by atoms with Crippen LogP contribution in [0.5, 0.6) is 0 Å². The molecule has 3 rings (SSSR count). The number of piperazine rings is 1. The minimum atomic E-state index is -3.65. The Kier molecular flexibility index (Phi) is 8.67. The Balaban J connectivity index is 1.33. The van der Waals surface area contributed by atoms with Gasteiger partial charge in [-0.2, -0.15) is 0 Å². The Morgan fingerprint density at radius 3 is 2.15 bits per heavy atom. The molecular weight excluding hydrogens is 455 g/mol. The van der Waals surface area contributed by atoms with Gasteiger partial charge in [0.15, 0.2) is 0 Å². The molecule has 34 heavy (non-hydrogen) atoms. The number of sulfonamides is 1. The molecule has 1 heterocycles. The van der Waals surface area contributed by atoms with Crippen molar-refractivity contribution in [1.82, 2.24) is 14.9 Å². The second-order valence-electron chi connectivity index (χ2n) is 9.58. The number of amides is 1. The first-order chi connectivity index (χ1) is 16.0. The molecule has 1 fully saturated rings. The molecule has 0 aromatic heterocycles. The van der Waals surface area contributed by atoms with E-state index in [9.17, 15) is 17.6 Å². The Labute approximate surface area is 202 Å². The van der Waals surface area contributed by atoms with Crippen LogP contribution in [0.1, 0.15) is 32.8 Å². The monoisotopic (exact) mass is 490 g/mol. The molecule has 0 atom stereocenters. The fourth-order valence-corrected chi connectivity index (χ4v) is 4.87. The maximum Gasteiger partial charge on any atom is 0.240 e. The first-order valence-corrected chi connectivity index (χ1v) is 13.1. The first kappa shape index (κ1) is 26.1. The SMILES string of the molecule is CC(C)(C)c1ccc(S(=O)(=O)NCCC(=O)NCCN2CCN(c3ccc(F)cc3)CC2)cc1. The largest absolute Gasteiger partial charge is 0.369 e. The summed E-state index contributed by atoms with van der Waals surface area (Å²) in [6.07, 6.45) is 0.0810. The number of hydrogen-bond acceptors (Lipinski definition) is 5. The molecular formula is C25H35FN4O3S. The first-order valence-electron chi connectivity index (χ1n) is 11.6. The van der Waals surface area contributed by atoms with Crippen LogP contribution in [0.3, 0.4) is 0 Å². The summed E-state index contributed by atoms with van der Waals surface area (Å²) in [6, 6.07) is 13.4. The fourth-order valence-electron chi connectivity index (χ4n) is 3.84. The van der Waals surface area contributed by atoms with Crippen LogP contribution < -0.4 is 14.9 Å². The molecule has 1 amide bonds. The van der Waals surface area contributed by atoms with Gasteiger partial charge in [0.2, 0.25) is 15.9 Å². The topological polar surface area (TPSA) is 81.7 Å². The highest BCUT2D eigenvalue weighted by atomic mass is 32.2. The minimum Gasteiger partial charge on any atom is -0.369 e. The van der Waals surface area contributed by atoms with Gasteiger partial charge in [-0.25, -0.2) is 17.5 Å². The molecule has 186 valence electrons. The molecule has 0 saturated carbocycles. The van der Waals surface area contributed by atoms with Crippen molar-refractivity contribution in [3.05, 3.63) is 59.9 Å². The van der Waals surface area contributed by atoms with Crippen molar-refractivity contribution in [2.75, 3.05) is 50.7 Å². The molecule has 0 unspecified atom stereocenters. The quantitative estimate of drug-likeness (QED) is 0.565. The van der Waals surface area contributed by atoms with E-state index < -0.39 is 10.0 Å². The summed E-state index contributed by atoms with van der Waals surface area (Å²) in [5.74, 6) is -0.420. The van der Waals surface area contributed by atoms with Crippen molar-refractivity contribution < 1.29 is 17.6 Å². The van der Waals surface area contributed by atoms with E-state index in [-0.39, 0.29) is 35.0 Å². The van der Waals surface area contributed by atoms with E-state index in [1.54, 1.807) is 24.3 Å². The highest BCUT2D eigenvalue weighted by molar-refractivity contribution is 7.89. The van der Waals surface area contributed by atoms with E-state index in [2.05, 4.69) is 40.6 Å². The molecule has 0 bridgehead atoms. The van der Waals surface area contributed by atoms with Gasteiger partial charge in [0.05, 0.1) is 4.90 Å². The van der Waals surface area contributed by atoms with Gasteiger partial charge in [0, 0.05) is 57.9 Å². The van der Waals surface area contributed by atoms with Crippen LogP contribution in [0.15, 0.2) is 53.4 Å². The Morgan fingerprint density at radius 1 is 0.941 bits per heavy atom. The standard InChI is InChI=1S/C25H35FN4O3S/c1-25(2,3)20-4-10-23(11-5-20)34(32,33)28-13-12-24(31)27-14-15-29-16-18-30(19-17-29)22-8-6-21(26)7-9-22/h4-11,28H,12-19H2,1-3H3,(H,27,31). The molecule has 0 aliphatic carbocycles. The summed E-state index contributed by atoms with van der Waals surface area (Å²) in [6.45, 7) is 10.9. The van der Waals surface area contributed by atoms with Crippen LogP contribution >= 0.6 is 0 Å². The van der Waals surface area contributed by atoms with E-state index in [1.165, 1.54) is 12.1 Å². The van der Waals surface area contributed by atoms with Gasteiger partial charge >= 0.3 is 0 Å². The molecule has 1 aliphatic heterocycles. The number of carbonyl (C=O) groups is 1. The van der Waals surface area contributed by atoms with Crippen molar-refractivity contribution in [3.63, 3.8) is 0 Å². The predicted molar refractivity (Wildman–Crippen MR) is 133 cm³/mol. The summed E-state index contributed by atoms with van der Waals surface area (Å²) < 4.78 is 40.5. The van der Waals surface area contributed by atoms with Crippen molar-refractivity contribution >= 4 is 21.6 Å². The van der Waals surface area contributed by atoms with E-state index in [4.69, 9.17) is 0 Å². The normalized spacial score (nSPS) is 15.4. The lowest BCUT2D eigenvalue weighted by Gasteiger charge is -2.36. The lowest BCUT2D eigenvalue weighted by Crippen LogP contribution is -2.48. The number of hydrogen-bond donors (Lipinski definition) is 2. The van der Waals surface area contributed by atoms with Crippen molar-refractivity contribution in [2.24, 2.45) is 0 Å². The van der Waals surface area contributed by atoms with Gasteiger partial charge in [0.25, 0.3) is 0 Å². The smallest absolute Gasteiger partial charge is 0.240 e. The fraction of sp³-hybridized carbons (Fsp3) is 0.480. The van der Waals surface area contributed by atoms with Gasteiger partial charge in [-0.1, -0.05) is 32.9 Å². The van der Waals surface area contributed by atoms with E-state index >= 15 is 0 Å². The number of halogens is 1. The third kappa shape index (κ3) is 7.51. The van der Waals surface area contributed by atoms with Crippen LogP contribution in [0.25, 0.3) is 0 Å². The van der Waals surface area contributed by atoms with Crippen LogP contribution in [0.2, 0.25) is 0 Å². The van der Waals surface area contributed by atoms with E-state index in [0.717, 1.165) is 44.0 Å². The molecule has 9 heteroatoms. The summed E-state index contributed by atoms with van der Waals surface area (Å²) >= 11 is 0. The lowest BCUT2D eigenvalue weighted by atomic mass is 9.87. The van der Waals surface area contributed by atoms with E-state index in [0.29, 0.717) is 6.54 Å². The van der Waals surface area contributed by atoms with Gasteiger partial charge < -0.3 is 10.2 Å². The van der Waals surface area contributed by atoms with Crippen molar-refractivity contribution in [3.8, 4) is 0 Å². The van der Waals surface area contributed by atoms with Crippen LogP contribution in [-0.2, 0) is 20.2 Å². The Morgan fingerprint density at radius 2 is 1.56 bits per heavy atom. The van der Waals surface area contributed by atoms with Crippen LogP contribution in [0.4, 0.5) is 10.1 Å². The van der Waals surface area contributed by atoms with Crippen molar-refractivity contribution in [1.29, 1.82) is 0 Å². The molecule has 2 aromatic carbocycles. The second-order valence-corrected chi connectivity index (χ2v) is 11.3.